The molecule has 1 aliphatic rings. The van der Waals surface area contributed by atoms with Crippen molar-refractivity contribution >= 4 is 84.8 Å². The Kier molecular flexibility index (Phi) is 7.68. The van der Waals surface area contributed by atoms with Crippen molar-refractivity contribution in [2.45, 2.75) is 18.5 Å². The largest absolute Gasteiger partial charge is 0.309 e. The number of rotatable bonds is 5. The standard InChI is InChI=1S/C51H36N4S2/c1-3-13-31(14-4-1)49-52-50(32-15-5-2-6-16-32)54-51(53-49)33-25-27-37-39-20-11-21-40(48(39)57-45(37)29-33)38-19-12-24-44-47(38)41-28-26-34(30-46(41)56-44)55-42-22-9-7-17-35(42)36-18-8-10-23-43(36)55/h1-30,49-54H. The number of nitrogens with zero attached hydrogens (tertiary/aromatic N) is 1. The van der Waals surface area contributed by atoms with Crippen molar-refractivity contribution in [3.8, 4) is 16.8 Å². The van der Waals surface area contributed by atoms with Gasteiger partial charge in [-0.1, -0.05) is 146 Å². The van der Waals surface area contributed by atoms with Crippen LogP contribution in [0.15, 0.2) is 182 Å². The van der Waals surface area contributed by atoms with Gasteiger partial charge in [0.2, 0.25) is 0 Å². The molecular formula is C51H36N4S2. The third-order valence-corrected chi connectivity index (χ3v) is 14.1. The normalized spacial score (nSPS) is 17.4. The second-order valence-corrected chi connectivity index (χ2v) is 17.1. The number of benzene rings is 8. The van der Waals surface area contributed by atoms with Gasteiger partial charge in [-0.25, -0.2) is 0 Å². The third kappa shape index (κ3) is 5.37. The lowest BCUT2D eigenvalue weighted by atomic mass is 9.97. The number of para-hydroxylation sites is 2. The summed E-state index contributed by atoms with van der Waals surface area (Å²) in [6.07, 6.45) is -0.0632. The molecule has 6 heteroatoms. The van der Waals surface area contributed by atoms with E-state index >= 15 is 0 Å². The van der Waals surface area contributed by atoms with E-state index < -0.39 is 0 Å². The van der Waals surface area contributed by atoms with Crippen LogP contribution in [0.2, 0.25) is 0 Å². The molecule has 4 nitrogen and oxygen atoms in total. The summed E-state index contributed by atoms with van der Waals surface area (Å²) in [6.45, 7) is 0. The lowest BCUT2D eigenvalue weighted by molar-refractivity contribution is 0.203. The fraction of sp³-hybridized carbons (Fsp3) is 0.0588. The Balaban J connectivity index is 0.957. The van der Waals surface area contributed by atoms with E-state index in [-0.39, 0.29) is 18.5 Å². The molecule has 1 saturated heterocycles. The molecule has 0 bridgehead atoms. The Bertz CT molecular complexity index is 3210. The van der Waals surface area contributed by atoms with E-state index in [0.717, 1.165) is 0 Å². The summed E-state index contributed by atoms with van der Waals surface area (Å²) in [5.41, 5.74) is 9.90. The zero-order valence-corrected chi connectivity index (χ0v) is 32.4. The van der Waals surface area contributed by atoms with Gasteiger partial charge in [-0.3, -0.25) is 16.0 Å². The van der Waals surface area contributed by atoms with E-state index in [2.05, 4.69) is 203 Å². The van der Waals surface area contributed by atoms with Crippen LogP contribution in [0.25, 0.3) is 79.0 Å². The van der Waals surface area contributed by atoms with Crippen LogP contribution < -0.4 is 16.0 Å². The Labute approximate surface area is 337 Å². The van der Waals surface area contributed by atoms with E-state index in [4.69, 9.17) is 0 Å². The minimum Gasteiger partial charge on any atom is -0.309 e. The molecule has 11 aromatic rings. The Morgan fingerprint density at radius 3 is 1.63 bits per heavy atom. The van der Waals surface area contributed by atoms with Crippen LogP contribution in [0.3, 0.4) is 0 Å². The van der Waals surface area contributed by atoms with Crippen molar-refractivity contribution in [2.75, 3.05) is 0 Å². The highest BCUT2D eigenvalue weighted by atomic mass is 32.1. The summed E-state index contributed by atoms with van der Waals surface area (Å²) >= 11 is 3.79. The monoisotopic (exact) mass is 768 g/mol. The highest BCUT2D eigenvalue weighted by Crippen LogP contribution is 2.46. The first-order valence-electron chi connectivity index (χ1n) is 19.5. The highest BCUT2D eigenvalue weighted by Gasteiger charge is 2.30. The van der Waals surface area contributed by atoms with E-state index in [1.54, 1.807) is 0 Å². The minimum absolute atomic E-state index is 0.00802. The molecule has 12 rings (SSSR count). The Hall–Kier alpha value is -6.12. The summed E-state index contributed by atoms with van der Waals surface area (Å²) in [4.78, 5) is 0. The van der Waals surface area contributed by atoms with Crippen LogP contribution in [0.4, 0.5) is 0 Å². The maximum Gasteiger partial charge on any atom is 0.0865 e. The topological polar surface area (TPSA) is 41.0 Å². The third-order valence-electron chi connectivity index (χ3n) is 11.7. The van der Waals surface area contributed by atoms with Gasteiger partial charge in [-0.05, 0) is 58.7 Å². The first-order chi connectivity index (χ1) is 28.2. The van der Waals surface area contributed by atoms with E-state index in [0.29, 0.717) is 0 Å². The molecule has 3 aromatic heterocycles. The summed E-state index contributed by atoms with van der Waals surface area (Å²) < 4.78 is 7.65. The summed E-state index contributed by atoms with van der Waals surface area (Å²) in [6, 6.07) is 66.5. The van der Waals surface area contributed by atoms with Gasteiger partial charge in [0.05, 0.1) is 29.5 Å². The summed E-state index contributed by atoms with van der Waals surface area (Å²) in [7, 11) is 0. The molecule has 2 unspecified atom stereocenters. The van der Waals surface area contributed by atoms with Crippen molar-refractivity contribution in [1.29, 1.82) is 0 Å². The van der Waals surface area contributed by atoms with Gasteiger partial charge in [0, 0.05) is 62.4 Å². The first-order valence-corrected chi connectivity index (χ1v) is 21.2. The quantitative estimate of drug-likeness (QED) is 0.163. The highest BCUT2D eigenvalue weighted by molar-refractivity contribution is 7.27. The molecule has 272 valence electrons. The van der Waals surface area contributed by atoms with Gasteiger partial charge in [-0.15, -0.1) is 22.7 Å². The molecule has 1 aliphatic heterocycles. The number of nitrogens with one attached hydrogen (secondary N) is 3. The maximum absolute atomic E-state index is 3.87. The average molecular weight is 769 g/mol. The second kappa shape index (κ2) is 13.2. The van der Waals surface area contributed by atoms with Crippen LogP contribution in [0.5, 0.6) is 0 Å². The Morgan fingerprint density at radius 2 is 0.930 bits per heavy atom. The fourth-order valence-corrected chi connectivity index (χ4v) is 11.5. The van der Waals surface area contributed by atoms with Crippen LogP contribution in [-0.4, -0.2) is 4.57 Å². The lowest BCUT2D eigenvalue weighted by Gasteiger charge is -2.39. The molecule has 0 amide bonds. The molecule has 4 heterocycles. The SMILES string of the molecule is c1ccc(C2NC(c3ccccc3)NC(c3ccc4c(c3)sc3c(-c5cccc6sc7cc(-n8c9ccccc9c9ccccc98)ccc7c56)cccc34)N2)cc1. The molecule has 0 spiro atoms. The lowest BCUT2D eigenvalue weighted by Crippen LogP contribution is -2.54. The molecule has 8 aromatic carbocycles. The number of hydrogen-bond donors (Lipinski definition) is 3. The smallest absolute Gasteiger partial charge is 0.0865 e. The van der Waals surface area contributed by atoms with Gasteiger partial charge >= 0.3 is 0 Å². The zero-order valence-electron chi connectivity index (χ0n) is 30.8. The van der Waals surface area contributed by atoms with Crippen molar-refractivity contribution in [3.63, 3.8) is 0 Å². The molecule has 1 fully saturated rings. The maximum atomic E-state index is 3.87. The van der Waals surface area contributed by atoms with Crippen LogP contribution in [0, 0.1) is 0 Å². The van der Waals surface area contributed by atoms with Crippen LogP contribution in [-0.2, 0) is 0 Å². The van der Waals surface area contributed by atoms with Gasteiger partial charge < -0.3 is 4.57 Å². The zero-order chi connectivity index (χ0) is 37.5. The van der Waals surface area contributed by atoms with Crippen LogP contribution in [0.1, 0.15) is 35.2 Å². The molecule has 0 saturated carbocycles. The van der Waals surface area contributed by atoms with Gasteiger partial charge in [-0.2, -0.15) is 0 Å². The molecule has 2 atom stereocenters. The number of aromatic nitrogens is 1. The van der Waals surface area contributed by atoms with E-state index in [1.807, 2.05) is 22.7 Å². The average Bonchev–Trinajstić information content (AvgIpc) is 3.96. The van der Waals surface area contributed by atoms with Crippen molar-refractivity contribution in [2.24, 2.45) is 0 Å². The second-order valence-electron chi connectivity index (χ2n) is 15.0. The molecule has 3 N–H and O–H groups in total. The molecule has 0 radical (unpaired) electrons. The predicted octanol–water partition coefficient (Wildman–Crippen LogP) is 13.4. The van der Waals surface area contributed by atoms with Gasteiger partial charge in [0.1, 0.15) is 0 Å². The summed E-state index contributed by atoms with van der Waals surface area (Å²) in [5, 5.41) is 19.3. The minimum atomic E-state index is -0.0472. The van der Waals surface area contributed by atoms with Crippen molar-refractivity contribution in [3.05, 3.63) is 199 Å². The Morgan fingerprint density at radius 1 is 0.368 bits per heavy atom. The first kappa shape index (κ1) is 33.1. The number of hydrogen-bond acceptors (Lipinski definition) is 5. The van der Waals surface area contributed by atoms with Crippen molar-refractivity contribution < 1.29 is 0 Å². The fourth-order valence-electron chi connectivity index (χ4n) is 9.10. The summed E-state index contributed by atoms with van der Waals surface area (Å²) in [5.74, 6) is 0. The number of fused-ring (bicyclic) bond motifs is 9. The predicted molar refractivity (Wildman–Crippen MR) is 243 cm³/mol. The van der Waals surface area contributed by atoms with Gasteiger partial charge in [0.25, 0.3) is 0 Å². The van der Waals surface area contributed by atoms with Crippen LogP contribution >= 0.6 is 22.7 Å². The van der Waals surface area contributed by atoms with Crippen molar-refractivity contribution in [1.82, 2.24) is 20.5 Å². The van der Waals surface area contributed by atoms with Gasteiger partial charge in [0.15, 0.2) is 0 Å². The number of thiophene rings is 2. The molecule has 0 aliphatic carbocycles. The molecule has 57 heavy (non-hydrogen) atoms. The molecular weight excluding hydrogens is 733 g/mol. The van der Waals surface area contributed by atoms with E-state index in [1.165, 1.54) is 95.7 Å². The van der Waals surface area contributed by atoms with E-state index in [9.17, 15) is 0 Å².